The van der Waals surface area contributed by atoms with Gasteiger partial charge in [-0.15, -0.1) is 11.3 Å². The number of nitrogens with zero attached hydrogens (tertiary/aromatic N) is 4. The molecule has 2 aliphatic heterocycles. The molecule has 0 spiro atoms. The maximum Gasteiger partial charge on any atom is 0.337 e. The summed E-state index contributed by atoms with van der Waals surface area (Å²) in [7, 11) is 0. The summed E-state index contributed by atoms with van der Waals surface area (Å²) in [4.78, 5) is 48.8. The quantitative estimate of drug-likeness (QED) is 0.329. The third-order valence-electron chi connectivity index (χ3n) is 7.57. The summed E-state index contributed by atoms with van der Waals surface area (Å²) in [6, 6.07) is 3.20. The van der Waals surface area contributed by atoms with E-state index in [1.807, 2.05) is 10.3 Å². The maximum atomic E-state index is 15.8. The van der Waals surface area contributed by atoms with E-state index in [0.29, 0.717) is 59.4 Å². The number of aromatic nitrogens is 1. The molecule has 2 N–H and O–H groups in total. The lowest BCUT2D eigenvalue weighted by atomic mass is 9.83. The molecule has 1 aromatic heterocycles. The minimum absolute atomic E-state index is 0.0671. The lowest BCUT2D eigenvalue weighted by Crippen LogP contribution is -2.53. The van der Waals surface area contributed by atoms with Gasteiger partial charge in [-0.05, 0) is 57.4 Å². The van der Waals surface area contributed by atoms with Crippen LogP contribution in [0.3, 0.4) is 0 Å². The molecule has 0 radical (unpaired) electrons. The molecule has 0 aliphatic carbocycles. The number of hydrogen-bond donors (Lipinski definition) is 2. The van der Waals surface area contributed by atoms with Gasteiger partial charge in [-0.2, -0.15) is 0 Å². The molecule has 1 saturated heterocycles. The largest absolute Gasteiger partial charge is 0.478 e. The smallest absolute Gasteiger partial charge is 0.337 e. The van der Waals surface area contributed by atoms with Crippen LogP contribution in [0, 0.1) is 19.8 Å². The van der Waals surface area contributed by atoms with Gasteiger partial charge < -0.3 is 20.1 Å². The number of thiazole rings is 1. The number of carboxylic acid groups (broad SMARTS) is 1. The number of ether oxygens (including phenoxy) is 1. The molecule has 12 heteroatoms. The molecule has 214 valence electrons. The second-order valence-corrected chi connectivity index (χ2v) is 11.2. The molecule has 1 amide bonds. The normalized spacial score (nSPS) is 21.4. The van der Waals surface area contributed by atoms with Gasteiger partial charge in [0.1, 0.15) is 5.67 Å². The Balaban J connectivity index is 1.55. The minimum atomic E-state index is -1.56. The molecule has 2 aliphatic rings. The van der Waals surface area contributed by atoms with Crippen molar-refractivity contribution >= 4 is 41.2 Å². The number of halogens is 1. The van der Waals surface area contributed by atoms with Gasteiger partial charge in [-0.3, -0.25) is 14.7 Å². The number of carboxylic acids is 1. The predicted molar refractivity (Wildman–Crippen MR) is 151 cm³/mol. The average Bonchev–Trinajstić information content (AvgIpc) is 3.45. The first-order chi connectivity index (χ1) is 19.0. The summed E-state index contributed by atoms with van der Waals surface area (Å²) in [6.45, 7) is 8.32. The molecule has 2 aromatic rings. The van der Waals surface area contributed by atoms with Crippen molar-refractivity contribution in [3.8, 4) is 0 Å². The van der Waals surface area contributed by atoms with Crippen molar-refractivity contribution < 1.29 is 28.6 Å². The van der Waals surface area contributed by atoms with Crippen LogP contribution in [-0.4, -0.2) is 84.2 Å². The van der Waals surface area contributed by atoms with Gasteiger partial charge in [0.25, 0.3) is 0 Å². The van der Waals surface area contributed by atoms with E-state index in [2.05, 4.69) is 15.3 Å². The van der Waals surface area contributed by atoms with E-state index in [1.165, 1.54) is 29.2 Å². The van der Waals surface area contributed by atoms with Crippen molar-refractivity contribution in [2.24, 2.45) is 10.9 Å². The SMILES string of the molecule is CCOC(=O)C1=C(CN2CCC(C)(F)C(CN(C=O)c3cc(C)c(C)c(C(=O)O)c3)C2)NC(c2nccs2)=NC1. The molecule has 4 rings (SSSR count). The van der Waals surface area contributed by atoms with Gasteiger partial charge in [0.2, 0.25) is 6.41 Å². The van der Waals surface area contributed by atoms with Gasteiger partial charge in [0, 0.05) is 55.1 Å². The Labute approximate surface area is 236 Å². The maximum absolute atomic E-state index is 15.8. The molecule has 1 aromatic carbocycles. The molecule has 2 unspecified atom stereocenters. The standard InChI is InChI=1S/C28H34FN5O5S/c1-5-39-27(38)22-12-31-24(25-30-7-9-40-25)32-23(22)15-33-8-6-28(4,29)19(13-33)14-34(16-35)20-10-17(2)18(3)21(11-20)26(36)37/h7,9-11,16,19H,5-6,8,12-15H2,1-4H3,(H,31,32)(H,36,37). The van der Waals surface area contributed by atoms with E-state index in [9.17, 15) is 19.5 Å². The number of esters is 1. The number of amidine groups is 1. The molecule has 2 atom stereocenters. The van der Waals surface area contributed by atoms with E-state index in [0.717, 1.165) is 5.56 Å². The van der Waals surface area contributed by atoms with Crippen LogP contribution in [0.5, 0.6) is 0 Å². The van der Waals surface area contributed by atoms with Crippen LogP contribution in [0.1, 0.15) is 46.8 Å². The number of hydrogen-bond acceptors (Lipinski definition) is 9. The van der Waals surface area contributed by atoms with Gasteiger partial charge in [-0.1, -0.05) is 0 Å². The van der Waals surface area contributed by atoms with Crippen molar-refractivity contribution in [2.45, 2.75) is 39.8 Å². The van der Waals surface area contributed by atoms with Crippen molar-refractivity contribution in [1.29, 1.82) is 0 Å². The zero-order chi connectivity index (χ0) is 29.0. The number of benzene rings is 1. The highest BCUT2D eigenvalue weighted by molar-refractivity contribution is 7.11. The third-order valence-corrected chi connectivity index (χ3v) is 8.35. The fraction of sp³-hybridized carbons (Fsp3) is 0.464. The number of aryl methyl sites for hydroxylation is 1. The Morgan fingerprint density at radius 1 is 1.38 bits per heavy atom. The van der Waals surface area contributed by atoms with E-state index in [1.54, 1.807) is 33.0 Å². The molecular weight excluding hydrogens is 537 g/mol. The van der Waals surface area contributed by atoms with Gasteiger partial charge >= 0.3 is 11.9 Å². The summed E-state index contributed by atoms with van der Waals surface area (Å²) in [6.07, 6.45) is 2.53. The fourth-order valence-corrected chi connectivity index (χ4v) is 5.58. The third kappa shape index (κ3) is 6.39. The van der Waals surface area contributed by atoms with Crippen LogP contribution in [0.15, 0.2) is 40.0 Å². The Hall–Kier alpha value is -3.64. The zero-order valence-electron chi connectivity index (χ0n) is 23.1. The van der Waals surface area contributed by atoms with Gasteiger partial charge in [0.05, 0.1) is 24.3 Å². The average molecular weight is 572 g/mol. The van der Waals surface area contributed by atoms with Gasteiger partial charge in [0.15, 0.2) is 10.8 Å². The highest BCUT2D eigenvalue weighted by Gasteiger charge is 2.41. The van der Waals surface area contributed by atoms with Crippen LogP contribution < -0.4 is 10.2 Å². The van der Waals surface area contributed by atoms with E-state index >= 15 is 4.39 Å². The summed E-state index contributed by atoms with van der Waals surface area (Å²) < 4.78 is 21.1. The fourth-order valence-electron chi connectivity index (χ4n) is 4.98. The number of aromatic carboxylic acids is 1. The second kappa shape index (κ2) is 12.3. The number of rotatable bonds is 10. The molecule has 3 heterocycles. The van der Waals surface area contributed by atoms with Crippen LogP contribution in [-0.2, 0) is 14.3 Å². The number of aliphatic imine (C=N–C) groups is 1. The van der Waals surface area contributed by atoms with Crippen molar-refractivity contribution in [1.82, 2.24) is 15.2 Å². The first kappa shape index (κ1) is 29.3. The summed E-state index contributed by atoms with van der Waals surface area (Å²) in [5, 5.41) is 15.4. The number of likely N-dealkylation sites (tertiary alicyclic amines) is 1. The lowest BCUT2D eigenvalue weighted by Gasteiger charge is -2.43. The number of carbonyl (C=O) groups is 3. The van der Waals surface area contributed by atoms with Crippen LogP contribution in [0.4, 0.5) is 10.1 Å². The van der Waals surface area contributed by atoms with Crippen LogP contribution in [0.25, 0.3) is 0 Å². The number of nitrogens with one attached hydrogen (secondary N) is 1. The van der Waals surface area contributed by atoms with Crippen molar-refractivity contribution in [3.63, 3.8) is 0 Å². The summed E-state index contributed by atoms with van der Waals surface area (Å²) in [5.74, 6) is -1.53. The Morgan fingerprint density at radius 2 is 2.15 bits per heavy atom. The molecule has 40 heavy (non-hydrogen) atoms. The van der Waals surface area contributed by atoms with E-state index in [-0.39, 0.29) is 31.7 Å². The summed E-state index contributed by atoms with van der Waals surface area (Å²) >= 11 is 1.43. The van der Waals surface area contributed by atoms with Crippen LogP contribution >= 0.6 is 11.3 Å². The van der Waals surface area contributed by atoms with Crippen LogP contribution in [0.2, 0.25) is 0 Å². The number of carbonyl (C=O) groups excluding carboxylic acids is 2. The zero-order valence-corrected chi connectivity index (χ0v) is 23.9. The monoisotopic (exact) mass is 571 g/mol. The van der Waals surface area contributed by atoms with Crippen molar-refractivity contribution in [3.05, 3.63) is 56.7 Å². The highest BCUT2D eigenvalue weighted by atomic mass is 32.1. The Bertz CT molecular complexity index is 1340. The Morgan fingerprint density at radius 3 is 2.80 bits per heavy atom. The molecule has 0 saturated carbocycles. The Kier molecular flexibility index (Phi) is 8.99. The molecule has 10 nitrogen and oxygen atoms in total. The minimum Gasteiger partial charge on any atom is -0.478 e. The molecular formula is C28H34FN5O5S. The topological polar surface area (TPSA) is 124 Å². The first-order valence-electron chi connectivity index (χ1n) is 13.1. The summed E-state index contributed by atoms with van der Waals surface area (Å²) in [5.41, 5.74) is 1.36. The highest BCUT2D eigenvalue weighted by Crippen LogP contribution is 2.34. The first-order valence-corrected chi connectivity index (χ1v) is 14.0. The van der Waals surface area contributed by atoms with Crippen molar-refractivity contribution in [2.75, 3.05) is 44.2 Å². The second-order valence-electron chi connectivity index (χ2n) is 10.3. The van der Waals surface area contributed by atoms with E-state index < -0.39 is 23.5 Å². The lowest BCUT2D eigenvalue weighted by molar-refractivity contribution is -0.138. The molecule has 0 bridgehead atoms. The number of alkyl halides is 1. The number of amides is 1. The predicted octanol–water partition coefficient (Wildman–Crippen LogP) is 3.34. The number of piperidine rings is 1. The van der Waals surface area contributed by atoms with Gasteiger partial charge in [-0.25, -0.2) is 19.0 Å². The number of anilines is 1. The molecule has 1 fully saturated rings. The van der Waals surface area contributed by atoms with E-state index in [4.69, 9.17) is 4.74 Å².